The second-order valence-corrected chi connectivity index (χ2v) is 7.13. The Balaban J connectivity index is 1.89. The number of aliphatic hydroxyl groups is 1. The zero-order valence-corrected chi connectivity index (χ0v) is 14.8. The van der Waals surface area contributed by atoms with E-state index < -0.39 is 17.7 Å². The number of urea groups is 1. The molecule has 2 aliphatic rings. The number of hydrogen-bond donors (Lipinski definition) is 3. The van der Waals surface area contributed by atoms with Gasteiger partial charge in [0.2, 0.25) is 0 Å². The lowest BCUT2D eigenvalue weighted by atomic mass is 9.94. The molecule has 2 aromatic rings. The van der Waals surface area contributed by atoms with Crippen LogP contribution in [0, 0.1) is 0 Å². The van der Waals surface area contributed by atoms with Crippen molar-refractivity contribution in [3.8, 4) is 0 Å². The SMILES string of the molecule is O=C1Nc2ccc(Br)cc2[C@@](O)(C(=O)NC2CC2)N1c1ccccc1. The van der Waals surface area contributed by atoms with Crippen LogP contribution in [0.2, 0.25) is 0 Å². The quantitative estimate of drug-likeness (QED) is 0.739. The summed E-state index contributed by atoms with van der Waals surface area (Å²) in [5.74, 6) is -0.604. The average molecular weight is 402 g/mol. The van der Waals surface area contributed by atoms with Crippen LogP contribution < -0.4 is 15.5 Å². The third kappa shape index (κ3) is 2.69. The fourth-order valence-corrected chi connectivity index (χ4v) is 3.33. The Morgan fingerprint density at radius 2 is 1.96 bits per heavy atom. The molecule has 2 aromatic carbocycles. The molecule has 6 nitrogen and oxygen atoms in total. The smallest absolute Gasteiger partial charge is 0.329 e. The number of carbonyl (C=O) groups excluding carboxylic acids is 2. The van der Waals surface area contributed by atoms with E-state index in [1.54, 1.807) is 48.5 Å². The first kappa shape index (κ1) is 16.1. The monoisotopic (exact) mass is 401 g/mol. The number of nitrogens with zero attached hydrogens (tertiary/aromatic N) is 1. The van der Waals surface area contributed by atoms with Crippen molar-refractivity contribution in [2.75, 3.05) is 10.2 Å². The van der Waals surface area contributed by atoms with Crippen molar-refractivity contribution >= 4 is 39.2 Å². The van der Waals surface area contributed by atoms with Gasteiger partial charge in [0.05, 0.1) is 5.69 Å². The van der Waals surface area contributed by atoms with Crippen molar-refractivity contribution in [1.82, 2.24) is 5.32 Å². The minimum Gasteiger partial charge on any atom is -0.359 e. The van der Waals surface area contributed by atoms with Crippen molar-refractivity contribution in [3.05, 3.63) is 58.6 Å². The maximum Gasteiger partial charge on any atom is 0.329 e. The predicted molar refractivity (Wildman–Crippen MR) is 97.1 cm³/mol. The topological polar surface area (TPSA) is 81.7 Å². The number of halogens is 1. The molecule has 0 saturated heterocycles. The zero-order chi connectivity index (χ0) is 17.6. The molecule has 3 N–H and O–H groups in total. The minimum absolute atomic E-state index is 0.0507. The molecular formula is C18H16BrN3O3. The molecule has 0 aromatic heterocycles. The van der Waals surface area contributed by atoms with Gasteiger partial charge in [0.1, 0.15) is 0 Å². The maximum absolute atomic E-state index is 13.0. The van der Waals surface area contributed by atoms with Gasteiger partial charge in [0.15, 0.2) is 0 Å². The summed E-state index contributed by atoms with van der Waals surface area (Å²) >= 11 is 3.37. The van der Waals surface area contributed by atoms with Crippen molar-refractivity contribution in [2.45, 2.75) is 24.6 Å². The Labute approximate surface area is 153 Å². The highest BCUT2D eigenvalue weighted by Crippen LogP contribution is 2.41. The summed E-state index contributed by atoms with van der Waals surface area (Å²) in [5.41, 5.74) is -0.970. The largest absolute Gasteiger partial charge is 0.359 e. The minimum atomic E-state index is -2.13. The molecule has 3 amide bonds. The number of carbonyl (C=O) groups is 2. The van der Waals surface area contributed by atoms with Gasteiger partial charge in [0, 0.05) is 21.8 Å². The molecule has 1 saturated carbocycles. The lowest BCUT2D eigenvalue weighted by Crippen LogP contribution is -2.62. The number of anilines is 2. The molecule has 0 unspecified atom stereocenters. The molecule has 25 heavy (non-hydrogen) atoms. The number of nitrogens with one attached hydrogen (secondary N) is 2. The Hall–Kier alpha value is -2.38. The first-order valence-corrected chi connectivity index (χ1v) is 8.79. The van der Waals surface area contributed by atoms with Crippen LogP contribution in [0.25, 0.3) is 0 Å². The maximum atomic E-state index is 13.0. The van der Waals surface area contributed by atoms with Gasteiger partial charge in [-0.05, 0) is 43.2 Å². The highest BCUT2D eigenvalue weighted by molar-refractivity contribution is 9.10. The van der Waals surface area contributed by atoms with E-state index in [0.717, 1.165) is 17.7 Å². The molecule has 4 rings (SSSR count). The van der Waals surface area contributed by atoms with Gasteiger partial charge in [-0.25, -0.2) is 4.79 Å². The van der Waals surface area contributed by atoms with Crippen molar-refractivity contribution in [3.63, 3.8) is 0 Å². The summed E-state index contributed by atoms with van der Waals surface area (Å²) in [6, 6.07) is 13.2. The van der Waals surface area contributed by atoms with E-state index >= 15 is 0 Å². The molecule has 1 heterocycles. The molecule has 1 aliphatic heterocycles. The number of benzene rings is 2. The van der Waals surface area contributed by atoms with Crippen LogP contribution in [0.3, 0.4) is 0 Å². The molecule has 7 heteroatoms. The van der Waals surface area contributed by atoms with E-state index in [1.165, 1.54) is 0 Å². The first-order valence-electron chi connectivity index (χ1n) is 8.00. The Morgan fingerprint density at radius 1 is 1.24 bits per heavy atom. The van der Waals surface area contributed by atoms with Gasteiger partial charge in [-0.3, -0.25) is 9.69 Å². The van der Waals surface area contributed by atoms with Gasteiger partial charge < -0.3 is 15.7 Å². The molecule has 0 bridgehead atoms. The van der Waals surface area contributed by atoms with Crippen LogP contribution in [-0.4, -0.2) is 23.1 Å². The zero-order valence-electron chi connectivity index (χ0n) is 13.2. The van der Waals surface area contributed by atoms with Gasteiger partial charge in [0.25, 0.3) is 11.6 Å². The summed E-state index contributed by atoms with van der Waals surface area (Å²) < 4.78 is 0.702. The standard InChI is InChI=1S/C18H16BrN3O3/c19-11-6-9-15-14(10-11)18(25,16(23)20-12-7-8-12)22(17(24)21-15)13-4-2-1-3-5-13/h1-6,9-10,12,25H,7-8H2,(H,20,23)(H,21,24)/t18-/m1/s1. The van der Waals surface area contributed by atoms with E-state index in [2.05, 4.69) is 26.6 Å². The molecule has 0 radical (unpaired) electrons. The van der Waals surface area contributed by atoms with Crippen molar-refractivity contribution < 1.29 is 14.7 Å². The number of fused-ring (bicyclic) bond motifs is 1. The molecule has 128 valence electrons. The van der Waals surface area contributed by atoms with Gasteiger partial charge in [-0.1, -0.05) is 34.1 Å². The summed E-state index contributed by atoms with van der Waals surface area (Å²) in [7, 11) is 0. The van der Waals surface area contributed by atoms with Crippen LogP contribution in [0.5, 0.6) is 0 Å². The summed E-state index contributed by atoms with van der Waals surface area (Å²) in [4.78, 5) is 26.8. The summed E-state index contributed by atoms with van der Waals surface area (Å²) in [6.07, 6.45) is 1.76. The van der Waals surface area contributed by atoms with Gasteiger partial charge in [-0.2, -0.15) is 0 Å². The van der Waals surface area contributed by atoms with E-state index in [4.69, 9.17) is 0 Å². The van der Waals surface area contributed by atoms with Crippen LogP contribution >= 0.6 is 15.9 Å². The molecule has 1 fully saturated rings. The normalized spacial score (nSPS) is 22.2. The average Bonchev–Trinajstić information content (AvgIpc) is 3.40. The fraction of sp³-hybridized carbons (Fsp3) is 0.222. The number of hydrogen-bond acceptors (Lipinski definition) is 3. The predicted octanol–water partition coefficient (Wildman–Crippen LogP) is 2.92. The highest BCUT2D eigenvalue weighted by Gasteiger charge is 2.52. The lowest BCUT2D eigenvalue weighted by molar-refractivity contribution is -0.140. The molecule has 1 atom stereocenters. The first-order chi connectivity index (χ1) is 12.0. The second-order valence-electron chi connectivity index (χ2n) is 6.21. The Bertz CT molecular complexity index is 854. The van der Waals surface area contributed by atoms with Crippen LogP contribution in [0.15, 0.2) is 53.0 Å². The van der Waals surface area contributed by atoms with Gasteiger partial charge >= 0.3 is 6.03 Å². The van der Waals surface area contributed by atoms with E-state index in [-0.39, 0.29) is 6.04 Å². The summed E-state index contributed by atoms with van der Waals surface area (Å²) in [5, 5.41) is 17.1. The highest BCUT2D eigenvalue weighted by atomic mass is 79.9. The van der Waals surface area contributed by atoms with Gasteiger partial charge in [-0.15, -0.1) is 0 Å². The van der Waals surface area contributed by atoms with Crippen LogP contribution in [0.4, 0.5) is 16.2 Å². The lowest BCUT2D eigenvalue weighted by Gasteiger charge is -2.42. The summed E-state index contributed by atoms with van der Waals surface area (Å²) in [6.45, 7) is 0. The molecule has 1 aliphatic carbocycles. The van der Waals surface area contributed by atoms with E-state index in [1.807, 2.05) is 0 Å². The third-order valence-electron chi connectivity index (χ3n) is 4.37. The van der Waals surface area contributed by atoms with Crippen molar-refractivity contribution in [1.29, 1.82) is 0 Å². The number of rotatable bonds is 3. The van der Waals surface area contributed by atoms with E-state index in [9.17, 15) is 14.7 Å². The molecular weight excluding hydrogens is 386 g/mol. The Kier molecular flexibility index (Phi) is 3.77. The van der Waals surface area contributed by atoms with Crippen molar-refractivity contribution in [2.24, 2.45) is 0 Å². The molecule has 0 spiro atoms. The third-order valence-corrected chi connectivity index (χ3v) is 4.86. The fourth-order valence-electron chi connectivity index (χ4n) is 2.97. The van der Waals surface area contributed by atoms with Crippen LogP contribution in [0.1, 0.15) is 18.4 Å². The Morgan fingerprint density at radius 3 is 2.64 bits per heavy atom. The van der Waals surface area contributed by atoms with Crippen LogP contribution in [-0.2, 0) is 10.5 Å². The van der Waals surface area contributed by atoms with E-state index in [0.29, 0.717) is 21.4 Å². The number of para-hydroxylation sites is 1. The second kappa shape index (κ2) is 5.86. The number of amides is 3.